The second-order valence-corrected chi connectivity index (χ2v) is 6.67. The number of anilines is 1. The summed E-state index contributed by atoms with van der Waals surface area (Å²) >= 11 is 0. The maximum absolute atomic E-state index is 12.4. The van der Waals surface area contributed by atoms with Crippen molar-refractivity contribution in [1.29, 1.82) is 0 Å². The second kappa shape index (κ2) is 8.47. The zero-order valence-electron chi connectivity index (χ0n) is 13.4. The molecule has 128 valence electrons. The smallest absolute Gasteiger partial charge is 0.261 e. The molecule has 24 heavy (non-hydrogen) atoms. The van der Waals surface area contributed by atoms with Gasteiger partial charge in [0.05, 0.1) is 10.6 Å². The molecule has 7 heteroatoms. The van der Waals surface area contributed by atoms with E-state index >= 15 is 0 Å². The van der Waals surface area contributed by atoms with Gasteiger partial charge in [0.15, 0.2) is 0 Å². The molecule has 2 aromatic carbocycles. The zero-order chi connectivity index (χ0) is 17.4. The maximum atomic E-state index is 12.4. The van der Waals surface area contributed by atoms with Crippen molar-refractivity contribution in [2.24, 2.45) is 0 Å². The quantitative estimate of drug-likeness (QED) is 0.765. The van der Waals surface area contributed by atoms with Crippen LogP contribution >= 0.6 is 0 Å². The molecule has 1 amide bonds. The van der Waals surface area contributed by atoms with Gasteiger partial charge in [-0.15, -0.1) is 0 Å². The standard InChI is InChI=1S/C17H20N2O4S/c1-2-23-13-17(20)18-12-14-8-6-7-11-16(14)19-24(21,22)15-9-4-3-5-10-15/h3-11,19H,2,12-13H2,1H3,(H,18,20). The highest BCUT2D eigenvalue weighted by atomic mass is 32.2. The van der Waals surface area contributed by atoms with Gasteiger partial charge in [0.2, 0.25) is 5.91 Å². The summed E-state index contributed by atoms with van der Waals surface area (Å²) in [6, 6.07) is 15.0. The molecule has 0 unspecified atom stereocenters. The lowest BCUT2D eigenvalue weighted by molar-refractivity contribution is -0.125. The Morgan fingerprint density at radius 2 is 1.71 bits per heavy atom. The molecule has 2 aromatic rings. The largest absolute Gasteiger partial charge is 0.372 e. The van der Waals surface area contributed by atoms with Crippen molar-refractivity contribution in [3.63, 3.8) is 0 Å². The number of hydrogen-bond acceptors (Lipinski definition) is 4. The Morgan fingerprint density at radius 1 is 1.04 bits per heavy atom. The molecule has 2 N–H and O–H groups in total. The lowest BCUT2D eigenvalue weighted by atomic mass is 10.2. The van der Waals surface area contributed by atoms with Crippen molar-refractivity contribution >= 4 is 21.6 Å². The molecule has 0 fully saturated rings. The molecular formula is C17H20N2O4S. The SMILES string of the molecule is CCOCC(=O)NCc1ccccc1NS(=O)(=O)c1ccccc1. The molecule has 0 heterocycles. The monoisotopic (exact) mass is 348 g/mol. The summed E-state index contributed by atoms with van der Waals surface area (Å²) in [6.07, 6.45) is 0. The molecule has 0 spiro atoms. The first-order chi connectivity index (χ1) is 11.5. The zero-order valence-corrected chi connectivity index (χ0v) is 14.2. The predicted molar refractivity (Wildman–Crippen MR) is 92.0 cm³/mol. The minimum Gasteiger partial charge on any atom is -0.372 e. The number of ether oxygens (including phenoxy) is 1. The van der Waals surface area contributed by atoms with Crippen LogP contribution in [0.25, 0.3) is 0 Å². The van der Waals surface area contributed by atoms with Crippen molar-refractivity contribution < 1.29 is 17.9 Å². The van der Waals surface area contributed by atoms with E-state index in [1.807, 2.05) is 0 Å². The third-order valence-corrected chi connectivity index (χ3v) is 4.61. The van der Waals surface area contributed by atoms with E-state index in [-0.39, 0.29) is 24.0 Å². The van der Waals surface area contributed by atoms with E-state index in [1.54, 1.807) is 49.4 Å². The van der Waals surface area contributed by atoms with Gasteiger partial charge in [-0.3, -0.25) is 9.52 Å². The van der Waals surface area contributed by atoms with E-state index in [0.717, 1.165) is 0 Å². The fourth-order valence-electron chi connectivity index (χ4n) is 2.02. The Labute approximate surface area is 141 Å². The Bertz CT molecular complexity index is 776. The van der Waals surface area contributed by atoms with Crippen molar-refractivity contribution in [1.82, 2.24) is 5.32 Å². The van der Waals surface area contributed by atoms with Crippen LogP contribution in [-0.4, -0.2) is 27.5 Å². The fraction of sp³-hybridized carbons (Fsp3) is 0.235. The summed E-state index contributed by atoms with van der Waals surface area (Å²) in [7, 11) is -3.68. The molecule has 2 rings (SSSR count). The minimum atomic E-state index is -3.68. The molecular weight excluding hydrogens is 328 g/mol. The number of para-hydroxylation sites is 1. The van der Waals surface area contributed by atoms with E-state index < -0.39 is 10.0 Å². The average Bonchev–Trinajstić information content (AvgIpc) is 2.59. The van der Waals surface area contributed by atoms with Crippen LogP contribution in [0.2, 0.25) is 0 Å². The van der Waals surface area contributed by atoms with Crippen LogP contribution in [0.15, 0.2) is 59.5 Å². The first-order valence-electron chi connectivity index (χ1n) is 7.53. The van der Waals surface area contributed by atoms with E-state index in [4.69, 9.17) is 4.74 Å². The van der Waals surface area contributed by atoms with Crippen molar-refractivity contribution in [2.45, 2.75) is 18.4 Å². The van der Waals surface area contributed by atoms with Crippen LogP contribution in [0.4, 0.5) is 5.69 Å². The molecule has 0 radical (unpaired) electrons. The number of carbonyl (C=O) groups is 1. The first kappa shape index (κ1) is 18.0. The number of benzene rings is 2. The van der Waals surface area contributed by atoms with Crippen LogP contribution in [0.1, 0.15) is 12.5 Å². The van der Waals surface area contributed by atoms with Gasteiger partial charge in [-0.2, -0.15) is 0 Å². The molecule has 0 bridgehead atoms. The fourth-order valence-corrected chi connectivity index (χ4v) is 3.14. The van der Waals surface area contributed by atoms with Crippen LogP contribution < -0.4 is 10.0 Å². The van der Waals surface area contributed by atoms with E-state index in [9.17, 15) is 13.2 Å². The van der Waals surface area contributed by atoms with Gasteiger partial charge in [0.1, 0.15) is 6.61 Å². The minimum absolute atomic E-state index is 0.0194. The average molecular weight is 348 g/mol. The number of hydrogen-bond donors (Lipinski definition) is 2. The third kappa shape index (κ3) is 5.07. The highest BCUT2D eigenvalue weighted by Crippen LogP contribution is 2.19. The Morgan fingerprint density at radius 3 is 2.42 bits per heavy atom. The number of amides is 1. The van der Waals surface area contributed by atoms with Gasteiger partial charge in [0, 0.05) is 13.2 Å². The predicted octanol–water partition coefficient (Wildman–Crippen LogP) is 2.14. The molecule has 0 saturated heterocycles. The van der Waals surface area contributed by atoms with Gasteiger partial charge in [-0.25, -0.2) is 8.42 Å². The lowest BCUT2D eigenvalue weighted by Crippen LogP contribution is -2.27. The normalized spacial score (nSPS) is 11.0. The third-order valence-electron chi connectivity index (χ3n) is 3.23. The number of rotatable bonds is 8. The molecule has 0 aliphatic heterocycles. The summed E-state index contributed by atoms with van der Waals surface area (Å²) in [5, 5.41) is 2.70. The summed E-state index contributed by atoms with van der Waals surface area (Å²) in [5.41, 5.74) is 1.10. The Kier molecular flexibility index (Phi) is 6.34. The summed E-state index contributed by atoms with van der Waals surface area (Å²) in [4.78, 5) is 11.8. The number of carbonyl (C=O) groups excluding carboxylic acids is 1. The Balaban J connectivity index is 2.10. The topological polar surface area (TPSA) is 84.5 Å². The molecule has 6 nitrogen and oxygen atoms in total. The van der Waals surface area contributed by atoms with E-state index in [2.05, 4.69) is 10.0 Å². The van der Waals surface area contributed by atoms with E-state index in [0.29, 0.717) is 17.9 Å². The second-order valence-electron chi connectivity index (χ2n) is 4.99. The summed E-state index contributed by atoms with van der Waals surface area (Å²) < 4.78 is 32.4. The van der Waals surface area contributed by atoms with Gasteiger partial charge in [-0.1, -0.05) is 36.4 Å². The van der Waals surface area contributed by atoms with Crippen LogP contribution in [-0.2, 0) is 26.1 Å². The highest BCUT2D eigenvalue weighted by Gasteiger charge is 2.15. The van der Waals surface area contributed by atoms with Crippen LogP contribution in [0.5, 0.6) is 0 Å². The highest BCUT2D eigenvalue weighted by molar-refractivity contribution is 7.92. The molecule has 0 saturated carbocycles. The van der Waals surface area contributed by atoms with Crippen molar-refractivity contribution in [2.75, 3.05) is 17.9 Å². The molecule has 0 aliphatic carbocycles. The van der Waals surface area contributed by atoms with Crippen LogP contribution in [0.3, 0.4) is 0 Å². The molecule has 0 aromatic heterocycles. The lowest BCUT2D eigenvalue weighted by Gasteiger charge is -2.13. The molecule has 0 atom stereocenters. The van der Waals surface area contributed by atoms with Gasteiger partial charge >= 0.3 is 0 Å². The van der Waals surface area contributed by atoms with Gasteiger partial charge in [-0.05, 0) is 30.7 Å². The summed E-state index contributed by atoms with van der Waals surface area (Å²) in [6.45, 7) is 2.45. The first-order valence-corrected chi connectivity index (χ1v) is 9.01. The number of nitrogens with one attached hydrogen (secondary N) is 2. The van der Waals surface area contributed by atoms with E-state index in [1.165, 1.54) is 12.1 Å². The van der Waals surface area contributed by atoms with Crippen LogP contribution in [0, 0.1) is 0 Å². The van der Waals surface area contributed by atoms with Gasteiger partial charge in [0.25, 0.3) is 10.0 Å². The number of sulfonamides is 1. The van der Waals surface area contributed by atoms with Gasteiger partial charge < -0.3 is 10.1 Å². The van der Waals surface area contributed by atoms with Crippen molar-refractivity contribution in [3.05, 3.63) is 60.2 Å². The Hall–Kier alpha value is -2.38. The maximum Gasteiger partial charge on any atom is 0.261 e. The summed E-state index contributed by atoms with van der Waals surface area (Å²) in [5.74, 6) is -0.252. The van der Waals surface area contributed by atoms with Crippen molar-refractivity contribution in [3.8, 4) is 0 Å². The molecule has 0 aliphatic rings.